The third kappa shape index (κ3) is 3.54. The van der Waals surface area contributed by atoms with Crippen molar-refractivity contribution in [1.82, 2.24) is 0 Å². The quantitative estimate of drug-likeness (QED) is 0.728. The van der Waals surface area contributed by atoms with Crippen molar-refractivity contribution in [2.24, 2.45) is 0 Å². The fourth-order valence-electron chi connectivity index (χ4n) is 0.961. The average molecular weight is 290 g/mol. The van der Waals surface area contributed by atoms with E-state index in [4.69, 9.17) is 5.11 Å². The summed E-state index contributed by atoms with van der Waals surface area (Å²) >= 11 is 0. The first-order chi connectivity index (χ1) is 5.00. The molecule has 1 aromatic carbocycles. The van der Waals surface area contributed by atoms with Crippen molar-refractivity contribution in [2.75, 3.05) is 0 Å². The second-order valence-electron chi connectivity index (χ2n) is 3.80. The molecule has 0 saturated heterocycles. The van der Waals surface area contributed by atoms with Crippen molar-refractivity contribution in [3.63, 3.8) is 0 Å². The zero-order chi connectivity index (χ0) is 8.48. The molecule has 0 aliphatic heterocycles. The normalized spacial score (nSPS) is 10.6. The van der Waals surface area contributed by atoms with Crippen LogP contribution in [-0.2, 0) is 5.41 Å². The van der Waals surface area contributed by atoms with Gasteiger partial charge in [-0.05, 0) is 23.1 Å². The molecule has 0 aromatic heterocycles. The first-order valence-electron chi connectivity index (χ1n) is 3.79. The van der Waals surface area contributed by atoms with Gasteiger partial charge in [-0.1, -0.05) is 32.9 Å². The molecule has 0 bridgehead atoms. The second-order valence-corrected chi connectivity index (χ2v) is 3.80. The van der Waals surface area contributed by atoms with Gasteiger partial charge in [-0.25, -0.2) is 0 Å². The Morgan fingerprint density at radius 1 is 1.08 bits per heavy atom. The Kier molecular flexibility index (Phi) is 4.96. The number of hydrogen-bond acceptors (Lipinski definition) is 1. The molecule has 1 aromatic rings. The third-order valence-corrected chi connectivity index (χ3v) is 1.73. The number of aromatic hydroxyl groups is 1. The minimum Gasteiger partial charge on any atom is -1.00 e. The van der Waals surface area contributed by atoms with Crippen LogP contribution < -0.4 is 0 Å². The molecule has 1 N–H and O–H groups in total. The van der Waals surface area contributed by atoms with Gasteiger partial charge in [0.15, 0.2) is 0 Å². The summed E-state index contributed by atoms with van der Waals surface area (Å²) in [7, 11) is 0. The standard InChI is InChI=1S/C10H14O.Ba.2H/c1-10(2,3)8-4-6-9(11)7-5-8;;;/h4-7,11H,1-3H3;;;/q;+2;2*-1. The van der Waals surface area contributed by atoms with E-state index in [1.54, 1.807) is 12.1 Å². The number of phenolic OH excluding ortho intramolecular Hbond substituents is 1. The van der Waals surface area contributed by atoms with Crippen molar-refractivity contribution >= 4 is 48.9 Å². The van der Waals surface area contributed by atoms with Crippen LogP contribution in [-0.4, -0.2) is 54.0 Å². The van der Waals surface area contributed by atoms with Gasteiger partial charge >= 0.3 is 48.9 Å². The zero-order valence-electron chi connectivity index (χ0n) is 9.96. The molecule has 1 nitrogen and oxygen atoms in total. The molecule has 0 aliphatic carbocycles. The zero-order valence-corrected chi connectivity index (χ0v) is 12.4. The largest absolute Gasteiger partial charge is 2.00 e. The van der Waals surface area contributed by atoms with Gasteiger partial charge in [0, 0.05) is 0 Å². The third-order valence-electron chi connectivity index (χ3n) is 1.73. The molecule has 0 saturated carbocycles. The van der Waals surface area contributed by atoms with Gasteiger partial charge < -0.3 is 7.96 Å². The van der Waals surface area contributed by atoms with Gasteiger partial charge in [0.2, 0.25) is 0 Å². The molecule has 0 aliphatic rings. The van der Waals surface area contributed by atoms with Gasteiger partial charge in [-0.15, -0.1) is 0 Å². The average Bonchev–Trinajstić information content (AvgIpc) is 1.86. The first-order valence-corrected chi connectivity index (χ1v) is 3.79. The van der Waals surface area contributed by atoms with Crippen molar-refractivity contribution in [1.29, 1.82) is 0 Å². The molecule has 0 fully saturated rings. The summed E-state index contributed by atoms with van der Waals surface area (Å²) in [4.78, 5) is 0. The van der Waals surface area contributed by atoms with Crippen LogP contribution in [0.3, 0.4) is 0 Å². The van der Waals surface area contributed by atoms with E-state index in [1.165, 1.54) is 5.56 Å². The minimum absolute atomic E-state index is 0. The summed E-state index contributed by atoms with van der Waals surface area (Å²) in [6.45, 7) is 6.46. The molecule has 0 spiro atoms. The fourth-order valence-corrected chi connectivity index (χ4v) is 0.961. The molecule has 2 heteroatoms. The van der Waals surface area contributed by atoms with Crippen molar-refractivity contribution in [2.45, 2.75) is 26.2 Å². The van der Waals surface area contributed by atoms with Gasteiger partial charge in [0.25, 0.3) is 0 Å². The number of hydrogen-bond donors (Lipinski definition) is 1. The Morgan fingerprint density at radius 3 is 1.83 bits per heavy atom. The molecular formula is C10H16BaO. The SMILES string of the molecule is CC(C)(C)c1ccc(O)cc1.[Ba+2].[H-].[H-]. The number of benzene rings is 1. The van der Waals surface area contributed by atoms with E-state index in [1.807, 2.05) is 12.1 Å². The Balaban J connectivity index is -0.000000403. The van der Waals surface area contributed by atoms with Crippen molar-refractivity contribution in [3.8, 4) is 5.75 Å². The molecule has 0 unspecified atom stereocenters. The molecule has 1 rings (SSSR count). The molecule has 0 amide bonds. The summed E-state index contributed by atoms with van der Waals surface area (Å²) in [5.74, 6) is 0.331. The molecule has 64 valence electrons. The minimum atomic E-state index is 0. The van der Waals surface area contributed by atoms with Crippen LogP contribution in [0.2, 0.25) is 0 Å². The van der Waals surface area contributed by atoms with Gasteiger partial charge in [-0.3, -0.25) is 0 Å². The van der Waals surface area contributed by atoms with E-state index >= 15 is 0 Å². The Hall–Kier alpha value is 0.591. The van der Waals surface area contributed by atoms with Gasteiger partial charge in [0.05, 0.1) is 0 Å². The van der Waals surface area contributed by atoms with Crippen LogP contribution in [0.15, 0.2) is 24.3 Å². The summed E-state index contributed by atoms with van der Waals surface area (Å²) in [6, 6.07) is 7.35. The molecule has 12 heavy (non-hydrogen) atoms. The number of phenols is 1. The summed E-state index contributed by atoms with van der Waals surface area (Å²) in [6.07, 6.45) is 0. The van der Waals surface area contributed by atoms with E-state index in [-0.39, 0.29) is 57.1 Å². The van der Waals surface area contributed by atoms with Gasteiger partial charge in [-0.2, -0.15) is 0 Å². The first kappa shape index (κ1) is 12.6. The van der Waals surface area contributed by atoms with Crippen LogP contribution in [0.1, 0.15) is 29.2 Å². The van der Waals surface area contributed by atoms with Crippen molar-refractivity contribution < 1.29 is 7.96 Å². The predicted molar refractivity (Wildman–Crippen MR) is 54.8 cm³/mol. The smallest absolute Gasteiger partial charge is 1.00 e. The van der Waals surface area contributed by atoms with Crippen molar-refractivity contribution in [3.05, 3.63) is 29.8 Å². The van der Waals surface area contributed by atoms with E-state index in [0.717, 1.165) is 0 Å². The maximum absolute atomic E-state index is 9.02. The fraction of sp³-hybridized carbons (Fsp3) is 0.400. The van der Waals surface area contributed by atoms with E-state index in [9.17, 15) is 0 Å². The van der Waals surface area contributed by atoms with E-state index in [0.29, 0.717) is 5.75 Å². The maximum Gasteiger partial charge on any atom is 2.00 e. The predicted octanol–water partition coefficient (Wildman–Crippen LogP) is 2.53. The number of rotatable bonds is 0. The molecule has 0 radical (unpaired) electrons. The Labute approximate surface area is 117 Å². The van der Waals surface area contributed by atoms with Crippen LogP contribution in [0.5, 0.6) is 5.75 Å². The summed E-state index contributed by atoms with van der Waals surface area (Å²) < 4.78 is 0. The van der Waals surface area contributed by atoms with E-state index in [2.05, 4.69) is 20.8 Å². The summed E-state index contributed by atoms with van der Waals surface area (Å²) in [5.41, 5.74) is 1.42. The van der Waals surface area contributed by atoms with Crippen LogP contribution in [0, 0.1) is 0 Å². The molecular weight excluding hydrogens is 273 g/mol. The summed E-state index contributed by atoms with van der Waals surface area (Å²) in [5, 5.41) is 9.02. The van der Waals surface area contributed by atoms with E-state index < -0.39 is 0 Å². The van der Waals surface area contributed by atoms with Gasteiger partial charge in [0.1, 0.15) is 5.75 Å². The Morgan fingerprint density at radius 2 is 1.50 bits per heavy atom. The second kappa shape index (κ2) is 4.72. The Bertz CT molecular complexity index is 241. The maximum atomic E-state index is 9.02. The molecule has 0 atom stereocenters. The van der Waals surface area contributed by atoms with Crippen LogP contribution >= 0.6 is 0 Å². The topological polar surface area (TPSA) is 20.2 Å². The van der Waals surface area contributed by atoms with Crippen LogP contribution in [0.25, 0.3) is 0 Å². The molecule has 0 heterocycles. The van der Waals surface area contributed by atoms with Crippen LogP contribution in [0.4, 0.5) is 0 Å². The monoisotopic (exact) mass is 290 g/mol.